The topological polar surface area (TPSA) is 26.0 Å². The molecule has 1 nitrogen and oxygen atoms in total. The van der Waals surface area contributed by atoms with Crippen LogP contribution in [0, 0.1) is 5.92 Å². The summed E-state index contributed by atoms with van der Waals surface area (Å²) in [7, 11) is 0. The highest BCUT2D eigenvalue weighted by Gasteiger charge is 2.01. The van der Waals surface area contributed by atoms with Gasteiger partial charge in [-0.25, -0.2) is 0 Å². The Morgan fingerprint density at radius 1 is 1.10 bits per heavy atom. The van der Waals surface area contributed by atoms with Gasteiger partial charge >= 0.3 is 0 Å². The maximum atomic E-state index is 5.64. The van der Waals surface area contributed by atoms with Crippen molar-refractivity contribution in [2.45, 2.75) is 52.5 Å². The molecule has 0 fully saturated rings. The molecule has 0 aromatic carbocycles. The summed E-state index contributed by atoms with van der Waals surface area (Å²) in [5.74, 6) is 0.871. The summed E-state index contributed by atoms with van der Waals surface area (Å²) >= 11 is 0. The third-order valence-corrected chi connectivity index (χ3v) is 1.90. The van der Waals surface area contributed by atoms with Crippen LogP contribution in [0.15, 0.2) is 0 Å². The lowest BCUT2D eigenvalue weighted by Crippen LogP contribution is -2.15. The van der Waals surface area contributed by atoms with Crippen molar-refractivity contribution in [2.24, 2.45) is 11.7 Å². The molecule has 0 bridgehead atoms. The van der Waals surface area contributed by atoms with E-state index in [0.717, 1.165) is 5.92 Å². The number of hydrogen-bond acceptors (Lipinski definition) is 1. The zero-order valence-corrected chi connectivity index (χ0v) is 7.56. The SMILES string of the molecule is CCC[C@@H](C)CCC(C)N. The van der Waals surface area contributed by atoms with Crippen molar-refractivity contribution in [3.8, 4) is 0 Å². The second kappa shape index (κ2) is 5.72. The first-order valence-corrected chi connectivity index (χ1v) is 4.42. The van der Waals surface area contributed by atoms with Crippen molar-refractivity contribution in [3.05, 3.63) is 0 Å². The van der Waals surface area contributed by atoms with E-state index in [-0.39, 0.29) is 0 Å². The molecule has 62 valence electrons. The van der Waals surface area contributed by atoms with Crippen LogP contribution in [0.2, 0.25) is 0 Å². The molecule has 10 heavy (non-hydrogen) atoms. The largest absolute Gasteiger partial charge is 0.328 e. The maximum absolute atomic E-state index is 5.64. The zero-order chi connectivity index (χ0) is 7.98. The van der Waals surface area contributed by atoms with Gasteiger partial charge in [-0.1, -0.05) is 26.7 Å². The van der Waals surface area contributed by atoms with Gasteiger partial charge in [-0.15, -0.1) is 0 Å². The number of hydrogen-bond donors (Lipinski definition) is 1. The van der Waals surface area contributed by atoms with Crippen molar-refractivity contribution in [1.29, 1.82) is 0 Å². The van der Waals surface area contributed by atoms with E-state index < -0.39 is 0 Å². The Morgan fingerprint density at radius 2 is 1.70 bits per heavy atom. The molecule has 0 heterocycles. The lowest BCUT2D eigenvalue weighted by Gasteiger charge is -2.10. The average molecular weight is 143 g/mol. The average Bonchev–Trinajstić information content (AvgIpc) is 1.85. The van der Waals surface area contributed by atoms with E-state index >= 15 is 0 Å². The van der Waals surface area contributed by atoms with Crippen LogP contribution in [-0.4, -0.2) is 6.04 Å². The summed E-state index contributed by atoms with van der Waals surface area (Å²) in [5.41, 5.74) is 5.64. The third-order valence-electron chi connectivity index (χ3n) is 1.90. The molecule has 0 aromatic rings. The minimum absolute atomic E-state index is 0.388. The summed E-state index contributed by atoms with van der Waals surface area (Å²) in [5, 5.41) is 0. The van der Waals surface area contributed by atoms with Gasteiger partial charge in [0.15, 0.2) is 0 Å². The molecular weight excluding hydrogens is 122 g/mol. The lowest BCUT2D eigenvalue weighted by molar-refractivity contribution is 0.448. The quantitative estimate of drug-likeness (QED) is 0.629. The summed E-state index contributed by atoms with van der Waals surface area (Å²) in [6, 6.07) is 0.388. The van der Waals surface area contributed by atoms with Crippen molar-refractivity contribution >= 4 is 0 Å². The van der Waals surface area contributed by atoms with E-state index in [9.17, 15) is 0 Å². The molecule has 0 saturated carbocycles. The van der Waals surface area contributed by atoms with Gasteiger partial charge in [0.25, 0.3) is 0 Å². The first kappa shape index (κ1) is 9.96. The van der Waals surface area contributed by atoms with Gasteiger partial charge < -0.3 is 5.73 Å². The van der Waals surface area contributed by atoms with Gasteiger partial charge in [0.1, 0.15) is 0 Å². The maximum Gasteiger partial charge on any atom is 0.00105 e. The van der Waals surface area contributed by atoms with Crippen LogP contribution in [0.5, 0.6) is 0 Å². The predicted molar refractivity (Wildman–Crippen MR) is 47.0 cm³/mol. The number of rotatable bonds is 5. The van der Waals surface area contributed by atoms with Crippen LogP contribution in [0.3, 0.4) is 0 Å². The van der Waals surface area contributed by atoms with Crippen LogP contribution in [-0.2, 0) is 0 Å². The van der Waals surface area contributed by atoms with Crippen molar-refractivity contribution in [2.75, 3.05) is 0 Å². The fourth-order valence-electron chi connectivity index (χ4n) is 1.18. The molecule has 0 rings (SSSR count). The van der Waals surface area contributed by atoms with Gasteiger partial charge in [-0.3, -0.25) is 0 Å². The Kier molecular flexibility index (Phi) is 5.70. The predicted octanol–water partition coefficient (Wildman–Crippen LogP) is 2.55. The van der Waals surface area contributed by atoms with Gasteiger partial charge in [0.05, 0.1) is 0 Å². The smallest absolute Gasteiger partial charge is 0.00105 e. The molecule has 0 amide bonds. The summed E-state index contributed by atoms with van der Waals surface area (Å²) < 4.78 is 0. The van der Waals surface area contributed by atoms with Crippen LogP contribution >= 0.6 is 0 Å². The third kappa shape index (κ3) is 6.09. The minimum Gasteiger partial charge on any atom is -0.328 e. The van der Waals surface area contributed by atoms with Gasteiger partial charge in [0.2, 0.25) is 0 Å². The van der Waals surface area contributed by atoms with Crippen LogP contribution < -0.4 is 5.73 Å². The normalized spacial score (nSPS) is 16.8. The van der Waals surface area contributed by atoms with E-state index in [1.165, 1.54) is 25.7 Å². The van der Waals surface area contributed by atoms with E-state index in [1.807, 2.05) is 0 Å². The molecule has 2 N–H and O–H groups in total. The standard InChI is InChI=1S/C9H21N/c1-4-5-8(2)6-7-9(3)10/h8-9H,4-7,10H2,1-3H3/t8-,9?/m1/s1. The molecule has 1 heteroatoms. The summed E-state index contributed by atoms with van der Waals surface area (Å²) in [4.78, 5) is 0. The summed E-state index contributed by atoms with van der Waals surface area (Å²) in [6.45, 7) is 6.63. The molecule has 1 unspecified atom stereocenters. The molecule has 0 aromatic heterocycles. The van der Waals surface area contributed by atoms with Crippen molar-refractivity contribution in [1.82, 2.24) is 0 Å². The molecule has 0 aliphatic carbocycles. The Hall–Kier alpha value is -0.0400. The highest BCUT2D eigenvalue weighted by atomic mass is 14.6. The first-order valence-electron chi connectivity index (χ1n) is 4.42. The highest BCUT2D eigenvalue weighted by molar-refractivity contribution is 4.57. The Labute approximate surface area is 65.0 Å². The van der Waals surface area contributed by atoms with E-state index in [4.69, 9.17) is 5.73 Å². The molecule has 0 aliphatic rings. The van der Waals surface area contributed by atoms with Crippen molar-refractivity contribution in [3.63, 3.8) is 0 Å². The molecule has 0 aliphatic heterocycles. The zero-order valence-electron chi connectivity index (χ0n) is 7.56. The second-order valence-corrected chi connectivity index (χ2v) is 3.45. The molecule has 0 radical (unpaired) electrons. The molecular formula is C9H21N. The van der Waals surface area contributed by atoms with E-state index in [1.54, 1.807) is 0 Å². The fourth-order valence-corrected chi connectivity index (χ4v) is 1.18. The highest BCUT2D eigenvalue weighted by Crippen LogP contribution is 2.12. The summed E-state index contributed by atoms with van der Waals surface area (Å²) in [6.07, 6.45) is 5.14. The van der Waals surface area contributed by atoms with E-state index in [0.29, 0.717) is 6.04 Å². The Bertz CT molecular complexity index is 69.1. The fraction of sp³-hybridized carbons (Fsp3) is 1.00. The monoisotopic (exact) mass is 143 g/mol. The molecule has 2 atom stereocenters. The first-order chi connectivity index (χ1) is 4.66. The molecule has 0 spiro atoms. The van der Waals surface area contributed by atoms with Gasteiger partial charge in [-0.2, -0.15) is 0 Å². The van der Waals surface area contributed by atoms with Gasteiger partial charge in [0, 0.05) is 6.04 Å². The molecule has 0 saturated heterocycles. The van der Waals surface area contributed by atoms with Crippen LogP contribution in [0.25, 0.3) is 0 Å². The Morgan fingerprint density at radius 3 is 2.10 bits per heavy atom. The van der Waals surface area contributed by atoms with Gasteiger partial charge in [-0.05, 0) is 25.7 Å². The second-order valence-electron chi connectivity index (χ2n) is 3.45. The Balaban J connectivity index is 3.12. The minimum atomic E-state index is 0.388. The van der Waals surface area contributed by atoms with Crippen LogP contribution in [0.1, 0.15) is 46.5 Å². The van der Waals surface area contributed by atoms with E-state index in [2.05, 4.69) is 20.8 Å². The van der Waals surface area contributed by atoms with Crippen LogP contribution in [0.4, 0.5) is 0 Å². The van der Waals surface area contributed by atoms with Crippen molar-refractivity contribution < 1.29 is 0 Å². The number of nitrogens with two attached hydrogens (primary N) is 1. The lowest BCUT2D eigenvalue weighted by atomic mass is 9.98.